The highest BCUT2D eigenvalue weighted by Gasteiger charge is 2.68. The Morgan fingerprint density at radius 3 is 1.81 bits per heavy atom. The standard InChI is InChI=1S/C29H36O7/c1-8-33-26(32)29(20-17-13-10-14-18-20)22(25(31)36-28(5,6)7)21(24(30)35-27(2,3)4)23(34-29)19-15-11-9-12-16-19/h9-18,21-23H,8H2,1-7H3/t21-,22+,23?,29?/m1/s1. The van der Waals surface area contributed by atoms with Crippen molar-refractivity contribution in [2.24, 2.45) is 11.8 Å². The molecule has 1 aliphatic heterocycles. The lowest BCUT2D eigenvalue weighted by molar-refractivity contribution is -0.188. The summed E-state index contributed by atoms with van der Waals surface area (Å²) in [5, 5.41) is 0. The van der Waals surface area contributed by atoms with Gasteiger partial charge in [-0.3, -0.25) is 9.59 Å². The van der Waals surface area contributed by atoms with Crippen LogP contribution in [0.3, 0.4) is 0 Å². The Balaban J connectivity index is 2.32. The monoisotopic (exact) mass is 496 g/mol. The van der Waals surface area contributed by atoms with E-state index in [1.54, 1.807) is 103 Å². The quantitative estimate of drug-likeness (QED) is 0.405. The van der Waals surface area contributed by atoms with Crippen LogP contribution < -0.4 is 0 Å². The van der Waals surface area contributed by atoms with Crippen LogP contribution in [0.15, 0.2) is 60.7 Å². The van der Waals surface area contributed by atoms with Crippen LogP contribution in [0.2, 0.25) is 0 Å². The van der Waals surface area contributed by atoms with Crippen molar-refractivity contribution in [3.8, 4) is 0 Å². The van der Waals surface area contributed by atoms with Gasteiger partial charge in [-0.05, 0) is 59.6 Å². The topological polar surface area (TPSA) is 88.1 Å². The summed E-state index contributed by atoms with van der Waals surface area (Å²) in [5.41, 5.74) is -2.62. The van der Waals surface area contributed by atoms with E-state index in [2.05, 4.69) is 0 Å². The van der Waals surface area contributed by atoms with Crippen molar-refractivity contribution in [3.05, 3.63) is 71.8 Å². The largest absolute Gasteiger partial charge is 0.464 e. The molecule has 194 valence electrons. The van der Waals surface area contributed by atoms with Crippen LogP contribution in [0.4, 0.5) is 0 Å². The molecule has 4 atom stereocenters. The Labute approximate surface area is 213 Å². The van der Waals surface area contributed by atoms with Gasteiger partial charge in [0.15, 0.2) is 0 Å². The number of carbonyl (C=O) groups is 3. The van der Waals surface area contributed by atoms with E-state index >= 15 is 0 Å². The van der Waals surface area contributed by atoms with Crippen LogP contribution >= 0.6 is 0 Å². The zero-order chi connectivity index (χ0) is 26.7. The van der Waals surface area contributed by atoms with Crippen molar-refractivity contribution >= 4 is 17.9 Å². The molecule has 0 N–H and O–H groups in total. The number of benzene rings is 2. The molecule has 2 unspecified atom stereocenters. The predicted octanol–water partition coefficient (Wildman–Crippen LogP) is 5.13. The number of carbonyl (C=O) groups excluding carboxylic acids is 3. The second-order valence-electron chi connectivity index (χ2n) is 10.8. The summed E-state index contributed by atoms with van der Waals surface area (Å²) in [4.78, 5) is 41.4. The van der Waals surface area contributed by atoms with Gasteiger partial charge in [0.2, 0.25) is 5.60 Å². The Bertz CT molecular complexity index is 1070. The molecule has 7 nitrogen and oxygen atoms in total. The lowest BCUT2D eigenvalue weighted by atomic mass is 9.74. The molecule has 2 aromatic rings. The van der Waals surface area contributed by atoms with Crippen LogP contribution in [-0.2, 0) is 38.9 Å². The molecule has 7 heteroatoms. The van der Waals surface area contributed by atoms with Crippen molar-refractivity contribution in [1.82, 2.24) is 0 Å². The maximum atomic E-state index is 13.9. The van der Waals surface area contributed by atoms with Gasteiger partial charge in [0.05, 0.1) is 12.7 Å². The molecular weight excluding hydrogens is 460 g/mol. The number of esters is 3. The highest BCUT2D eigenvalue weighted by atomic mass is 16.6. The van der Waals surface area contributed by atoms with Crippen LogP contribution in [-0.4, -0.2) is 35.7 Å². The smallest absolute Gasteiger partial charge is 0.344 e. The molecule has 1 aliphatic rings. The molecular formula is C29H36O7. The highest BCUT2D eigenvalue weighted by molar-refractivity contribution is 5.94. The molecule has 0 radical (unpaired) electrons. The van der Waals surface area contributed by atoms with Gasteiger partial charge in [-0.1, -0.05) is 60.7 Å². The van der Waals surface area contributed by atoms with E-state index < -0.39 is 52.7 Å². The van der Waals surface area contributed by atoms with E-state index in [9.17, 15) is 14.4 Å². The molecule has 1 heterocycles. The summed E-state index contributed by atoms with van der Waals surface area (Å²) in [5.74, 6) is -4.70. The van der Waals surface area contributed by atoms with Gasteiger partial charge in [-0.15, -0.1) is 0 Å². The van der Waals surface area contributed by atoms with E-state index in [-0.39, 0.29) is 6.61 Å². The number of hydrogen-bond acceptors (Lipinski definition) is 7. The molecule has 0 aromatic heterocycles. The van der Waals surface area contributed by atoms with Crippen molar-refractivity contribution in [2.75, 3.05) is 6.61 Å². The van der Waals surface area contributed by atoms with Crippen molar-refractivity contribution in [3.63, 3.8) is 0 Å². The van der Waals surface area contributed by atoms with E-state index in [0.29, 0.717) is 11.1 Å². The zero-order valence-electron chi connectivity index (χ0n) is 22.1. The fraction of sp³-hybridized carbons (Fsp3) is 0.483. The normalized spacial score (nSPS) is 24.1. The summed E-state index contributed by atoms with van der Waals surface area (Å²) < 4.78 is 23.6. The molecule has 36 heavy (non-hydrogen) atoms. The Morgan fingerprint density at radius 1 is 0.806 bits per heavy atom. The summed E-state index contributed by atoms with van der Waals surface area (Å²) in [6.45, 7) is 12.2. The Kier molecular flexibility index (Phi) is 7.94. The summed E-state index contributed by atoms with van der Waals surface area (Å²) in [6.07, 6.45) is -0.969. The zero-order valence-corrected chi connectivity index (χ0v) is 22.1. The predicted molar refractivity (Wildman–Crippen MR) is 134 cm³/mol. The number of ether oxygens (including phenoxy) is 4. The SMILES string of the molecule is CCOC(=O)C1(c2ccccc2)OC(c2ccccc2)[C@H](C(=O)OC(C)(C)C)[C@H]1C(=O)OC(C)(C)C. The first kappa shape index (κ1) is 27.4. The molecule has 0 spiro atoms. The van der Waals surface area contributed by atoms with Gasteiger partial charge in [-0.25, -0.2) is 4.79 Å². The van der Waals surface area contributed by atoms with Gasteiger partial charge in [0.25, 0.3) is 0 Å². The molecule has 2 aromatic carbocycles. The molecule has 0 saturated carbocycles. The average molecular weight is 497 g/mol. The average Bonchev–Trinajstić information content (AvgIpc) is 3.16. The van der Waals surface area contributed by atoms with Crippen LogP contribution in [0.5, 0.6) is 0 Å². The second kappa shape index (κ2) is 10.4. The minimum atomic E-state index is -1.93. The Hall–Kier alpha value is -3.19. The van der Waals surface area contributed by atoms with Gasteiger partial charge < -0.3 is 18.9 Å². The molecule has 1 saturated heterocycles. The third kappa shape index (κ3) is 5.78. The molecule has 0 bridgehead atoms. The lowest BCUT2D eigenvalue weighted by Crippen LogP contribution is -2.50. The minimum Gasteiger partial charge on any atom is -0.464 e. The van der Waals surface area contributed by atoms with E-state index in [0.717, 1.165) is 0 Å². The van der Waals surface area contributed by atoms with Crippen molar-refractivity contribution in [1.29, 1.82) is 0 Å². The maximum Gasteiger partial charge on any atom is 0.344 e. The number of hydrogen-bond donors (Lipinski definition) is 0. The summed E-state index contributed by atoms with van der Waals surface area (Å²) >= 11 is 0. The number of rotatable bonds is 6. The summed E-state index contributed by atoms with van der Waals surface area (Å²) in [7, 11) is 0. The lowest BCUT2D eigenvalue weighted by Gasteiger charge is -2.34. The van der Waals surface area contributed by atoms with Crippen molar-refractivity contribution < 1.29 is 33.3 Å². The highest BCUT2D eigenvalue weighted by Crippen LogP contribution is 2.55. The molecule has 1 fully saturated rings. The van der Waals surface area contributed by atoms with E-state index in [4.69, 9.17) is 18.9 Å². The van der Waals surface area contributed by atoms with Gasteiger partial charge in [-0.2, -0.15) is 0 Å². The first-order valence-electron chi connectivity index (χ1n) is 12.2. The van der Waals surface area contributed by atoms with Crippen LogP contribution in [0.25, 0.3) is 0 Å². The van der Waals surface area contributed by atoms with Crippen molar-refractivity contribution in [2.45, 2.75) is 71.4 Å². The minimum absolute atomic E-state index is 0.0604. The summed E-state index contributed by atoms with van der Waals surface area (Å²) in [6, 6.07) is 17.7. The van der Waals surface area contributed by atoms with Gasteiger partial charge in [0, 0.05) is 0 Å². The third-order valence-corrected chi connectivity index (χ3v) is 5.69. The first-order valence-corrected chi connectivity index (χ1v) is 12.2. The molecule has 0 aliphatic carbocycles. The molecule has 0 amide bonds. The third-order valence-electron chi connectivity index (χ3n) is 5.69. The fourth-order valence-corrected chi connectivity index (χ4v) is 4.46. The van der Waals surface area contributed by atoms with Crippen LogP contribution in [0.1, 0.15) is 65.7 Å². The maximum absolute atomic E-state index is 13.9. The van der Waals surface area contributed by atoms with Gasteiger partial charge >= 0.3 is 17.9 Å². The second-order valence-corrected chi connectivity index (χ2v) is 10.8. The molecule has 3 rings (SSSR count). The van der Waals surface area contributed by atoms with E-state index in [1.807, 2.05) is 6.07 Å². The fourth-order valence-electron chi connectivity index (χ4n) is 4.46. The van der Waals surface area contributed by atoms with Gasteiger partial charge in [0.1, 0.15) is 23.0 Å². The van der Waals surface area contributed by atoms with E-state index in [1.165, 1.54) is 0 Å². The Morgan fingerprint density at radius 2 is 1.31 bits per heavy atom. The van der Waals surface area contributed by atoms with Crippen LogP contribution in [0, 0.1) is 11.8 Å². The first-order chi connectivity index (χ1) is 16.8.